The molecule has 0 aliphatic carbocycles. The first-order chi connectivity index (χ1) is 13.2. The Morgan fingerprint density at radius 3 is 2.22 bits per heavy atom. The summed E-state index contributed by atoms with van der Waals surface area (Å²) in [5.41, 5.74) is 4.57. The standard InChI is InChI=1S/C21H11Cl2N3O/c22-20-24-19(25-21(23)26-20)15-7-4-8-16-18(15)14-10-9-13(11-17(14)27-16)12-5-2-1-3-6-12/h1-11H. The maximum atomic E-state index is 6.10. The Hall–Kier alpha value is -2.95. The Bertz CT molecular complexity index is 1280. The number of furan rings is 1. The minimum Gasteiger partial charge on any atom is -0.456 e. The monoisotopic (exact) mass is 391 g/mol. The van der Waals surface area contributed by atoms with E-state index < -0.39 is 0 Å². The topological polar surface area (TPSA) is 51.8 Å². The summed E-state index contributed by atoms with van der Waals surface area (Å²) in [4.78, 5) is 12.3. The summed E-state index contributed by atoms with van der Waals surface area (Å²) in [6.07, 6.45) is 0. The highest BCUT2D eigenvalue weighted by atomic mass is 35.5. The minimum atomic E-state index is 0.0566. The van der Waals surface area contributed by atoms with Gasteiger partial charge >= 0.3 is 0 Å². The third kappa shape index (κ3) is 2.83. The third-order valence-corrected chi connectivity index (χ3v) is 4.76. The van der Waals surface area contributed by atoms with E-state index in [0.29, 0.717) is 5.82 Å². The van der Waals surface area contributed by atoms with Crippen LogP contribution in [0.3, 0.4) is 0 Å². The lowest BCUT2D eigenvalue weighted by Crippen LogP contribution is -1.94. The molecule has 3 aromatic carbocycles. The van der Waals surface area contributed by atoms with Gasteiger partial charge in [-0.2, -0.15) is 15.0 Å². The van der Waals surface area contributed by atoms with Crippen LogP contribution in [-0.2, 0) is 0 Å². The van der Waals surface area contributed by atoms with Crippen molar-refractivity contribution in [3.63, 3.8) is 0 Å². The molecular weight excluding hydrogens is 381 g/mol. The Kier molecular flexibility index (Phi) is 3.81. The van der Waals surface area contributed by atoms with E-state index >= 15 is 0 Å². The molecule has 5 aromatic rings. The van der Waals surface area contributed by atoms with Gasteiger partial charge in [-0.05, 0) is 52.5 Å². The van der Waals surface area contributed by atoms with Crippen molar-refractivity contribution < 1.29 is 4.42 Å². The highest BCUT2D eigenvalue weighted by molar-refractivity contribution is 6.31. The van der Waals surface area contributed by atoms with Crippen LogP contribution >= 0.6 is 23.2 Å². The fourth-order valence-electron chi connectivity index (χ4n) is 3.27. The largest absolute Gasteiger partial charge is 0.456 e. The molecule has 0 spiro atoms. The summed E-state index contributed by atoms with van der Waals surface area (Å²) in [7, 11) is 0. The predicted octanol–water partition coefficient (Wildman–Crippen LogP) is 6.41. The summed E-state index contributed by atoms with van der Waals surface area (Å²) >= 11 is 11.9. The van der Waals surface area contributed by atoms with Gasteiger partial charge in [0.15, 0.2) is 5.82 Å². The molecule has 2 aromatic heterocycles. The summed E-state index contributed by atoms with van der Waals surface area (Å²) in [5.74, 6) is 0.417. The van der Waals surface area contributed by atoms with Gasteiger partial charge in [0, 0.05) is 16.3 Å². The Labute approximate surface area is 164 Å². The fraction of sp³-hybridized carbons (Fsp3) is 0. The second-order valence-corrected chi connectivity index (χ2v) is 6.73. The molecule has 0 bridgehead atoms. The maximum absolute atomic E-state index is 6.10. The van der Waals surface area contributed by atoms with Crippen molar-refractivity contribution in [2.75, 3.05) is 0 Å². The quantitative estimate of drug-likeness (QED) is 0.348. The van der Waals surface area contributed by atoms with Gasteiger partial charge in [0.1, 0.15) is 11.2 Å². The van der Waals surface area contributed by atoms with Crippen LogP contribution in [0.4, 0.5) is 0 Å². The van der Waals surface area contributed by atoms with Gasteiger partial charge in [-0.15, -0.1) is 0 Å². The summed E-state index contributed by atoms with van der Waals surface area (Å²) in [6, 6.07) is 22.1. The zero-order chi connectivity index (χ0) is 18.4. The highest BCUT2D eigenvalue weighted by Crippen LogP contribution is 2.37. The molecule has 0 atom stereocenters. The molecule has 6 heteroatoms. The molecule has 0 saturated carbocycles. The molecule has 2 heterocycles. The zero-order valence-electron chi connectivity index (χ0n) is 13.9. The second-order valence-electron chi connectivity index (χ2n) is 6.05. The van der Waals surface area contributed by atoms with Crippen LogP contribution in [0, 0.1) is 0 Å². The first-order valence-corrected chi connectivity index (χ1v) is 9.03. The molecule has 0 fully saturated rings. The number of halogens is 2. The average molecular weight is 392 g/mol. The van der Waals surface area contributed by atoms with E-state index in [9.17, 15) is 0 Å². The number of fused-ring (bicyclic) bond motifs is 3. The molecular formula is C21H11Cl2N3O. The summed E-state index contributed by atoms with van der Waals surface area (Å²) in [5, 5.41) is 2.01. The van der Waals surface area contributed by atoms with Crippen LogP contribution in [0.15, 0.2) is 71.1 Å². The summed E-state index contributed by atoms with van der Waals surface area (Å²) < 4.78 is 6.10. The molecule has 4 nitrogen and oxygen atoms in total. The lowest BCUT2D eigenvalue weighted by molar-refractivity contribution is 0.669. The Morgan fingerprint density at radius 1 is 0.667 bits per heavy atom. The van der Waals surface area contributed by atoms with Crippen molar-refractivity contribution in [3.8, 4) is 22.5 Å². The van der Waals surface area contributed by atoms with Crippen LogP contribution in [0.5, 0.6) is 0 Å². The van der Waals surface area contributed by atoms with E-state index in [1.165, 1.54) is 0 Å². The van der Waals surface area contributed by atoms with E-state index in [0.717, 1.165) is 38.6 Å². The summed E-state index contributed by atoms with van der Waals surface area (Å²) in [6.45, 7) is 0. The van der Waals surface area contributed by atoms with Gasteiger partial charge in [0.2, 0.25) is 10.6 Å². The van der Waals surface area contributed by atoms with Gasteiger partial charge in [-0.1, -0.05) is 48.5 Å². The normalized spacial score (nSPS) is 11.3. The fourth-order valence-corrected chi connectivity index (χ4v) is 3.63. The molecule has 130 valence electrons. The van der Waals surface area contributed by atoms with E-state index in [2.05, 4.69) is 39.2 Å². The molecule has 0 aliphatic rings. The molecule has 0 N–H and O–H groups in total. The smallest absolute Gasteiger partial charge is 0.227 e. The van der Waals surface area contributed by atoms with Gasteiger partial charge in [-0.3, -0.25) is 0 Å². The third-order valence-electron chi connectivity index (χ3n) is 4.43. The number of hydrogen-bond donors (Lipinski definition) is 0. The van der Waals surface area contributed by atoms with E-state index in [-0.39, 0.29) is 10.6 Å². The Balaban J connectivity index is 1.77. The van der Waals surface area contributed by atoms with Crippen LogP contribution in [-0.4, -0.2) is 15.0 Å². The van der Waals surface area contributed by atoms with Crippen LogP contribution in [0.2, 0.25) is 10.6 Å². The van der Waals surface area contributed by atoms with Crippen molar-refractivity contribution in [1.82, 2.24) is 15.0 Å². The number of rotatable bonds is 2. The van der Waals surface area contributed by atoms with Crippen molar-refractivity contribution >= 4 is 45.1 Å². The van der Waals surface area contributed by atoms with Gasteiger partial charge in [0.05, 0.1) is 0 Å². The highest BCUT2D eigenvalue weighted by Gasteiger charge is 2.16. The molecule has 0 unspecified atom stereocenters. The van der Waals surface area contributed by atoms with Crippen LogP contribution in [0.25, 0.3) is 44.5 Å². The zero-order valence-corrected chi connectivity index (χ0v) is 15.4. The van der Waals surface area contributed by atoms with Crippen molar-refractivity contribution in [2.24, 2.45) is 0 Å². The van der Waals surface area contributed by atoms with Gasteiger partial charge in [0.25, 0.3) is 0 Å². The maximum Gasteiger partial charge on any atom is 0.227 e. The lowest BCUT2D eigenvalue weighted by atomic mass is 10.0. The minimum absolute atomic E-state index is 0.0566. The number of aromatic nitrogens is 3. The first kappa shape index (κ1) is 16.2. The first-order valence-electron chi connectivity index (χ1n) is 8.27. The average Bonchev–Trinajstić information content (AvgIpc) is 3.05. The van der Waals surface area contributed by atoms with Crippen molar-refractivity contribution in [2.45, 2.75) is 0 Å². The molecule has 0 amide bonds. The lowest BCUT2D eigenvalue weighted by Gasteiger charge is -2.03. The number of benzene rings is 3. The Morgan fingerprint density at radius 2 is 1.44 bits per heavy atom. The van der Waals surface area contributed by atoms with E-state index in [1.54, 1.807) is 0 Å². The SMILES string of the molecule is Clc1nc(Cl)nc(-c2cccc3oc4cc(-c5ccccc5)ccc4c23)n1. The van der Waals surface area contributed by atoms with Gasteiger partial charge in [-0.25, -0.2) is 0 Å². The molecule has 5 rings (SSSR count). The van der Waals surface area contributed by atoms with Crippen LogP contribution < -0.4 is 0 Å². The van der Waals surface area contributed by atoms with Crippen molar-refractivity contribution in [1.29, 1.82) is 0 Å². The molecule has 27 heavy (non-hydrogen) atoms. The van der Waals surface area contributed by atoms with E-state index in [1.807, 2.05) is 42.5 Å². The number of nitrogens with zero attached hydrogens (tertiary/aromatic N) is 3. The van der Waals surface area contributed by atoms with Crippen LogP contribution in [0.1, 0.15) is 0 Å². The van der Waals surface area contributed by atoms with Crippen molar-refractivity contribution in [3.05, 3.63) is 77.3 Å². The predicted molar refractivity (Wildman–Crippen MR) is 108 cm³/mol. The molecule has 0 saturated heterocycles. The molecule has 0 radical (unpaired) electrons. The second kappa shape index (κ2) is 6.34. The number of hydrogen-bond acceptors (Lipinski definition) is 4. The van der Waals surface area contributed by atoms with E-state index in [4.69, 9.17) is 27.6 Å². The molecule has 0 aliphatic heterocycles. The van der Waals surface area contributed by atoms with Gasteiger partial charge < -0.3 is 4.42 Å².